The molecule has 0 aliphatic carbocycles. The van der Waals surface area contributed by atoms with Crippen molar-refractivity contribution in [2.75, 3.05) is 25.5 Å². The van der Waals surface area contributed by atoms with Crippen molar-refractivity contribution in [2.24, 2.45) is 0 Å². The molecule has 0 aliphatic heterocycles. The second-order valence-electron chi connectivity index (χ2n) is 4.69. The number of alkyl halides is 3. The van der Waals surface area contributed by atoms with E-state index in [4.69, 9.17) is 16.7 Å². The van der Waals surface area contributed by atoms with Crippen LogP contribution in [0.5, 0.6) is 0 Å². The number of aromatic nitrogens is 1. The molecule has 0 unspecified atom stereocenters. The molecule has 128 valence electrons. The van der Waals surface area contributed by atoms with E-state index in [2.05, 4.69) is 10.3 Å². The Labute approximate surface area is 135 Å². The third-order valence-electron chi connectivity index (χ3n) is 2.89. The highest BCUT2D eigenvalue weighted by atomic mass is 35.5. The van der Waals surface area contributed by atoms with Crippen molar-refractivity contribution < 1.29 is 27.9 Å². The minimum absolute atomic E-state index is 0.0230. The summed E-state index contributed by atoms with van der Waals surface area (Å²) in [7, 11) is 1.47. The lowest BCUT2D eigenvalue weighted by Crippen LogP contribution is -2.30. The molecule has 1 aromatic rings. The molecule has 0 spiro atoms. The van der Waals surface area contributed by atoms with E-state index in [9.17, 15) is 22.8 Å². The topological polar surface area (TPSA) is 82.5 Å². The summed E-state index contributed by atoms with van der Waals surface area (Å²) in [4.78, 5) is 27.0. The number of amides is 1. The van der Waals surface area contributed by atoms with Gasteiger partial charge in [0.2, 0.25) is 5.91 Å². The van der Waals surface area contributed by atoms with Gasteiger partial charge in [-0.2, -0.15) is 13.2 Å². The summed E-state index contributed by atoms with van der Waals surface area (Å²) in [6, 6.07) is 0.748. The number of pyridine rings is 1. The van der Waals surface area contributed by atoms with Gasteiger partial charge in [0, 0.05) is 32.8 Å². The van der Waals surface area contributed by atoms with Crippen LogP contribution in [0.3, 0.4) is 0 Å². The fraction of sp³-hybridized carbons (Fsp3) is 0.462. The number of aliphatic carboxylic acids is 1. The zero-order chi connectivity index (χ0) is 17.6. The zero-order valence-corrected chi connectivity index (χ0v) is 12.9. The maximum Gasteiger partial charge on any atom is 0.417 e. The smallest absolute Gasteiger partial charge is 0.417 e. The molecular formula is C13H15ClF3N3O3. The van der Waals surface area contributed by atoms with Crippen LogP contribution >= 0.6 is 11.6 Å². The summed E-state index contributed by atoms with van der Waals surface area (Å²) < 4.78 is 37.4. The van der Waals surface area contributed by atoms with Crippen LogP contribution in [0.1, 0.15) is 18.4 Å². The molecule has 0 saturated carbocycles. The summed E-state index contributed by atoms with van der Waals surface area (Å²) in [6.45, 7) is 0.182. The van der Waals surface area contributed by atoms with Crippen LogP contribution in [0, 0.1) is 0 Å². The highest BCUT2D eigenvalue weighted by molar-refractivity contribution is 6.32. The van der Waals surface area contributed by atoms with E-state index < -0.39 is 17.7 Å². The molecule has 6 nitrogen and oxygen atoms in total. The fourth-order valence-corrected chi connectivity index (χ4v) is 1.82. The first kappa shape index (κ1) is 19.0. The summed E-state index contributed by atoms with van der Waals surface area (Å²) >= 11 is 5.71. The van der Waals surface area contributed by atoms with Gasteiger partial charge in [0.25, 0.3) is 0 Å². The van der Waals surface area contributed by atoms with E-state index in [1.807, 2.05) is 0 Å². The van der Waals surface area contributed by atoms with Crippen molar-refractivity contribution >= 4 is 29.3 Å². The number of rotatable bonds is 7. The van der Waals surface area contributed by atoms with Crippen LogP contribution in [-0.2, 0) is 15.8 Å². The average Bonchev–Trinajstić information content (AvgIpc) is 2.45. The second-order valence-corrected chi connectivity index (χ2v) is 5.10. The number of halogens is 4. The van der Waals surface area contributed by atoms with Gasteiger partial charge in [0.15, 0.2) is 0 Å². The molecule has 0 bridgehead atoms. The van der Waals surface area contributed by atoms with Gasteiger partial charge < -0.3 is 15.3 Å². The lowest BCUT2D eigenvalue weighted by molar-refractivity contribution is -0.139. The SMILES string of the molecule is CN(CCC(=O)O)C(=O)CCNc1ncc(C(F)(F)F)cc1Cl. The van der Waals surface area contributed by atoms with Gasteiger partial charge in [-0.15, -0.1) is 0 Å². The number of carboxylic acid groups (broad SMARTS) is 1. The normalized spacial score (nSPS) is 11.2. The number of carbonyl (C=O) groups excluding carboxylic acids is 1. The van der Waals surface area contributed by atoms with Crippen LogP contribution in [0.2, 0.25) is 5.02 Å². The lowest BCUT2D eigenvalue weighted by atomic mass is 10.2. The Morgan fingerprint density at radius 3 is 2.57 bits per heavy atom. The van der Waals surface area contributed by atoms with E-state index in [1.165, 1.54) is 11.9 Å². The molecular weight excluding hydrogens is 339 g/mol. The van der Waals surface area contributed by atoms with Gasteiger partial charge in [-0.1, -0.05) is 11.6 Å². The first-order chi connectivity index (χ1) is 10.6. The predicted molar refractivity (Wildman–Crippen MR) is 77.2 cm³/mol. The molecule has 1 heterocycles. The van der Waals surface area contributed by atoms with E-state index in [1.54, 1.807) is 0 Å². The Bertz CT molecular complexity index is 581. The molecule has 10 heteroatoms. The van der Waals surface area contributed by atoms with Crippen molar-refractivity contribution in [1.29, 1.82) is 0 Å². The Kier molecular flexibility index (Phi) is 6.62. The summed E-state index contributed by atoms with van der Waals surface area (Å²) in [5.74, 6) is -1.27. The summed E-state index contributed by atoms with van der Waals surface area (Å²) in [6.07, 6.45) is -4.02. The maximum atomic E-state index is 12.5. The quantitative estimate of drug-likeness (QED) is 0.787. The van der Waals surface area contributed by atoms with Crippen molar-refractivity contribution in [3.05, 3.63) is 22.8 Å². The standard InChI is InChI=1S/C13H15ClF3N3O3/c1-20(5-3-11(22)23)10(21)2-4-18-12-9(14)6-8(7-19-12)13(15,16)17/h6-7H,2-5H2,1H3,(H,18,19)(H,22,23). The van der Waals surface area contributed by atoms with E-state index in [-0.39, 0.29) is 42.7 Å². The molecule has 0 radical (unpaired) electrons. The van der Waals surface area contributed by atoms with Crippen LogP contribution < -0.4 is 5.32 Å². The minimum Gasteiger partial charge on any atom is -0.481 e. The Hall–Kier alpha value is -2.03. The zero-order valence-electron chi connectivity index (χ0n) is 12.2. The van der Waals surface area contributed by atoms with Gasteiger partial charge in [0.1, 0.15) is 5.82 Å². The van der Waals surface area contributed by atoms with Crippen molar-refractivity contribution in [3.8, 4) is 0 Å². The highest BCUT2D eigenvalue weighted by Crippen LogP contribution is 2.32. The summed E-state index contributed by atoms with van der Waals surface area (Å²) in [5.41, 5.74) is -0.961. The predicted octanol–water partition coefficient (Wildman–Crippen LogP) is 2.49. The summed E-state index contributed by atoms with van der Waals surface area (Å²) in [5, 5.41) is 11.0. The molecule has 2 N–H and O–H groups in total. The molecule has 0 atom stereocenters. The van der Waals surface area contributed by atoms with Crippen molar-refractivity contribution in [2.45, 2.75) is 19.0 Å². The molecule has 1 rings (SSSR count). The van der Waals surface area contributed by atoms with Gasteiger partial charge in [-0.3, -0.25) is 9.59 Å². The van der Waals surface area contributed by atoms with E-state index in [0.717, 1.165) is 6.07 Å². The Morgan fingerprint density at radius 1 is 1.39 bits per heavy atom. The monoisotopic (exact) mass is 353 g/mol. The molecule has 0 aromatic carbocycles. The average molecular weight is 354 g/mol. The fourth-order valence-electron chi connectivity index (χ4n) is 1.59. The number of hydrogen-bond acceptors (Lipinski definition) is 4. The lowest BCUT2D eigenvalue weighted by Gasteiger charge is -2.16. The Balaban J connectivity index is 2.50. The third kappa shape index (κ3) is 6.31. The third-order valence-corrected chi connectivity index (χ3v) is 3.17. The first-order valence-corrected chi connectivity index (χ1v) is 6.91. The number of anilines is 1. The molecule has 1 aromatic heterocycles. The molecule has 0 fully saturated rings. The van der Waals surface area contributed by atoms with Gasteiger partial charge in [-0.25, -0.2) is 4.98 Å². The number of hydrogen-bond donors (Lipinski definition) is 2. The number of nitrogens with zero attached hydrogens (tertiary/aromatic N) is 2. The largest absolute Gasteiger partial charge is 0.481 e. The minimum atomic E-state index is -4.53. The molecule has 0 saturated heterocycles. The number of carboxylic acids is 1. The molecule has 1 amide bonds. The van der Waals surface area contributed by atoms with Gasteiger partial charge >= 0.3 is 12.1 Å². The number of carbonyl (C=O) groups is 2. The first-order valence-electron chi connectivity index (χ1n) is 6.53. The number of nitrogens with one attached hydrogen (secondary N) is 1. The van der Waals surface area contributed by atoms with Crippen LogP contribution in [0.25, 0.3) is 0 Å². The van der Waals surface area contributed by atoms with Crippen molar-refractivity contribution in [3.63, 3.8) is 0 Å². The highest BCUT2D eigenvalue weighted by Gasteiger charge is 2.31. The van der Waals surface area contributed by atoms with Crippen LogP contribution in [-0.4, -0.2) is 47.0 Å². The Morgan fingerprint density at radius 2 is 2.04 bits per heavy atom. The second kappa shape index (κ2) is 8.00. The van der Waals surface area contributed by atoms with E-state index >= 15 is 0 Å². The van der Waals surface area contributed by atoms with Crippen LogP contribution in [0.4, 0.5) is 19.0 Å². The van der Waals surface area contributed by atoms with Crippen molar-refractivity contribution in [1.82, 2.24) is 9.88 Å². The van der Waals surface area contributed by atoms with Crippen LogP contribution in [0.15, 0.2) is 12.3 Å². The maximum absolute atomic E-state index is 12.5. The van der Waals surface area contributed by atoms with Gasteiger partial charge in [-0.05, 0) is 6.07 Å². The molecule has 0 aliphatic rings. The van der Waals surface area contributed by atoms with E-state index in [0.29, 0.717) is 6.20 Å². The molecule has 23 heavy (non-hydrogen) atoms. The van der Waals surface area contributed by atoms with Gasteiger partial charge in [0.05, 0.1) is 17.0 Å².